The number of hydrogen-bond donors (Lipinski definition) is 0. The van der Waals surface area contributed by atoms with Gasteiger partial charge in [-0.25, -0.2) is 4.79 Å². The number of ether oxygens (including phenoxy) is 4. The second kappa shape index (κ2) is 11.7. The van der Waals surface area contributed by atoms with Crippen molar-refractivity contribution in [2.45, 2.75) is 19.8 Å². The molecule has 6 nitrogen and oxygen atoms in total. The van der Waals surface area contributed by atoms with Crippen LogP contribution in [0.4, 0.5) is 0 Å². The highest BCUT2D eigenvalue weighted by Crippen LogP contribution is 2.31. The Balaban J connectivity index is 2.11. The van der Waals surface area contributed by atoms with Gasteiger partial charge in [0.1, 0.15) is 11.5 Å². The normalized spacial score (nSPS) is 10.7. The Morgan fingerprint density at radius 3 is 2.46 bits per heavy atom. The predicted molar refractivity (Wildman–Crippen MR) is 111 cm³/mol. The van der Waals surface area contributed by atoms with Gasteiger partial charge in [-0.15, -0.1) is 0 Å². The number of hydrogen-bond acceptors (Lipinski definition) is 6. The summed E-state index contributed by atoms with van der Waals surface area (Å²) in [5.74, 6) is 0.449. The fourth-order valence-corrected chi connectivity index (χ4v) is 2.88. The quantitative estimate of drug-likeness (QED) is 0.208. The van der Waals surface area contributed by atoms with Crippen LogP contribution in [0.5, 0.6) is 11.5 Å². The minimum atomic E-state index is -0.470. The van der Waals surface area contributed by atoms with Crippen LogP contribution in [0.2, 0.25) is 0 Å². The van der Waals surface area contributed by atoms with Crippen molar-refractivity contribution >= 4 is 38.5 Å². The third kappa shape index (κ3) is 6.49. The summed E-state index contributed by atoms with van der Waals surface area (Å²) in [6.45, 7) is 3.10. The molecule has 7 heteroatoms. The summed E-state index contributed by atoms with van der Waals surface area (Å²) in [7, 11) is 1.30. The molecule has 0 amide bonds. The Morgan fingerprint density at radius 1 is 1.00 bits per heavy atom. The second-order valence-corrected chi connectivity index (χ2v) is 6.89. The molecule has 0 N–H and O–H groups in total. The summed E-state index contributed by atoms with van der Waals surface area (Å²) in [5, 5.41) is 2.54. The Hall–Kier alpha value is -2.12. The number of benzene rings is 2. The highest BCUT2D eigenvalue weighted by Gasteiger charge is 2.14. The van der Waals surface area contributed by atoms with Gasteiger partial charge in [0.2, 0.25) is 0 Å². The zero-order valence-electron chi connectivity index (χ0n) is 16.2. The van der Waals surface area contributed by atoms with Gasteiger partial charge in [-0.05, 0) is 42.3 Å². The smallest absolute Gasteiger partial charge is 0.343 e. The largest absolute Gasteiger partial charge is 0.493 e. The molecule has 0 fully saturated rings. The van der Waals surface area contributed by atoms with Crippen molar-refractivity contribution < 1.29 is 28.5 Å². The highest BCUT2D eigenvalue weighted by molar-refractivity contribution is 9.09. The Morgan fingerprint density at radius 2 is 1.75 bits per heavy atom. The maximum Gasteiger partial charge on any atom is 0.343 e. The lowest BCUT2D eigenvalue weighted by molar-refractivity contribution is -0.142. The van der Waals surface area contributed by atoms with E-state index in [1.807, 2.05) is 12.1 Å². The van der Waals surface area contributed by atoms with Gasteiger partial charge in [0.15, 0.2) is 12.4 Å². The number of alkyl halides is 1. The second-order valence-electron chi connectivity index (χ2n) is 6.10. The van der Waals surface area contributed by atoms with Crippen molar-refractivity contribution in [2.75, 3.05) is 38.9 Å². The maximum atomic E-state index is 12.3. The van der Waals surface area contributed by atoms with Crippen LogP contribution in [0.25, 0.3) is 10.8 Å². The number of ketones is 1. The van der Waals surface area contributed by atoms with Crippen LogP contribution in [0, 0.1) is 0 Å². The summed E-state index contributed by atoms with van der Waals surface area (Å²) in [6, 6.07) is 9.04. The molecular weight excluding hydrogens is 428 g/mol. The first-order chi connectivity index (χ1) is 13.6. The van der Waals surface area contributed by atoms with Crippen LogP contribution in [0.1, 0.15) is 30.1 Å². The molecular formula is C21H25BrO6. The first kappa shape index (κ1) is 22.2. The lowest BCUT2D eigenvalue weighted by Crippen LogP contribution is -2.12. The number of fused-ring (bicyclic) bond motifs is 1. The van der Waals surface area contributed by atoms with E-state index in [1.54, 1.807) is 18.2 Å². The zero-order chi connectivity index (χ0) is 20.4. The fraction of sp³-hybridized carbons (Fsp3) is 0.429. The average molecular weight is 453 g/mol. The molecule has 0 aliphatic carbocycles. The van der Waals surface area contributed by atoms with E-state index in [-0.39, 0.29) is 12.4 Å². The molecule has 0 saturated carbocycles. The van der Waals surface area contributed by atoms with Crippen LogP contribution >= 0.6 is 15.9 Å². The minimum Gasteiger partial charge on any atom is -0.493 e. The van der Waals surface area contributed by atoms with Crippen molar-refractivity contribution in [1.29, 1.82) is 0 Å². The van der Waals surface area contributed by atoms with E-state index in [0.29, 0.717) is 36.9 Å². The van der Waals surface area contributed by atoms with Gasteiger partial charge in [-0.1, -0.05) is 28.1 Å². The molecule has 0 aliphatic heterocycles. The van der Waals surface area contributed by atoms with Gasteiger partial charge in [-0.3, -0.25) is 4.79 Å². The van der Waals surface area contributed by atoms with Gasteiger partial charge in [0.25, 0.3) is 0 Å². The monoisotopic (exact) mass is 452 g/mol. The van der Waals surface area contributed by atoms with Crippen molar-refractivity contribution in [1.82, 2.24) is 0 Å². The average Bonchev–Trinajstić information content (AvgIpc) is 2.70. The molecule has 0 unspecified atom stereocenters. The van der Waals surface area contributed by atoms with Crippen LogP contribution in [0.15, 0.2) is 30.3 Å². The molecule has 0 bridgehead atoms. The van der Waals surface area contributed by atoms with Crippen LogP contribution in [-0.2, 0) is 14.3 Å². The third-order valence-electron chi connectivity index (χ3n) is 4.00. The van der Waals surface area contributed by atoms with Gasteiger partial charge in [0.05, 0.1) is 19.3 Å². The number of rotatable bonds is 12. The lowest BCUT2D eigenvalue weighted by Gasteiger charge is -2.14. The summed E-state index contributed by atoms with van der Waals surface area (Å²) >= 11 is 3.36. The van der Waals surface area contributed by atoms with E-state index in [2.05, 4.69) is 20.7 Å². The van der Waals surface area contributed by atoms with Crippen molar-refractivity contribution in [3.05, 3.63) is 35.9 Å². The van der Waals surface area contributed by atoms with E-state index in [0.717, 1.165) is 28.9 Å². The topological polar surface area (TPSA) is 71.1 Å². The Bertz CT molecular complexity index is 805. The minimum absolute atomic E-state index is 0.0979. The highest BCUT2D eigenvalue weighted by atomic mass is 79.9. The van der Waals surface area contributed by atoms with Crippen molar-refractivity contribution in [2.24, 2.45) is 0 Å². The summed E-state index contributed by atoms with van der Waals surface area (Å²) in [4.78, 5) is 23.6. The molecule has 0 radical (unpaired) electrons. The number of carbonyl (C=O) groups excluding carboxylic acids is 2. The third-order valence-corrected chi connectivity index (χ3v) is 4.56. The van der Waals surface area contributed by atoms with Gasteiger partial charge >= 0.3 is 5.97 Å². The Labute approximate surface area is 173 Å². The summed E-state index contributed by atoms with van der Waals surface area (Å²) in [6.07, 6.45) is 1.71. The number of Topliss-reactive ketones (excluding diaryl/α,β-unsaturated/α-hetero) is 1. The lowest BCUT2D eigenvalue weighted by atomic mass is 10.0. The van der Waals surface area contributed by atoms with Crippen LogP contribution < -0.4 is 9.47 Å². The summed E-state index contributed by atoms with van der Waals surface area (Å²) in [5.41, 5.74) is 0.501. The van der Waals surface area contributed by atoms with Crippen molar-refractivity contribution in [3.63, 3.8) is 0 Å². The van der Waals surface area contributed by atoms with E-state index >= 15 is 0 Å². The molecule has 0 aliphatic rings. The SMILES string of the molecule is COC(=O)COc1ccc2ccc(OCCCOCCCBr)c(C(C)=O)c2c1. The van der Waals surface area contributed by atoms with E-state index < -0.39 is 5.97 Å². The molecule has 152 valence electrons. The van der Waals surface area contributed by atoms with Crippen LogP contribution in [-0.4, -0.2) is 50.6 Å². The molecule has 2 rings (SSSR count). The van der Waals surface area contributed by atoms with Gasteiger partial charge in [0, 0.05) is 25.0 Å². The maximum absolute atomic E-state index is 12.3. The molecule has 2 aromatic carbocycles. The molecule has 0 aromatic heterocycles. The molecule has 0 atom stereocenters. The predicted octanol–water partition coefficient (Wildman–Crippen LogP) is 4.16. The number of carbonyl (C=O) groups is 2. The van der Waals surface area contributed by atoms with Gasteiger partial charge in [-0.2, -0.15) is 0 Å². The molecule has 28 heavy (non-hydrogen) atoms. The summed E-state index contributed by atoms with van der Waals surface area (Å²) < 4.78 is 21.4. The van der Waals surface area contributed by atoms with E-state index in [1.165, 1.54) is 14.0 Å². The fourth-order valence-electron chi connectivity index (χ4n) is 2.65. The molecule has 2 aromatic rings. The molecule has 0 saturated heterocycles. The first-order valence-electron chi connectivity index (χ1n) is 9.10. The van der Waals surface area contributed by atoms with E-state index in [9.17, 15) is 9.59 Å². The van der Waals surface area contributed by atoms with E-state index in [4.69, 9.17) is 14.2 Å². The standard InChI is InChI=1S/C21H25BrO6/c1-15(23)21-18-13-17(28-14-20(24)25-2)7-5-16(18)6-8-19(21)27-12-4-11-26-10-3-9-22/h5-8,13H,3-4,9-12,14H2,1-2H3. The Kier molecular flexibility index (Phi) is 9.23. The first-order valence-corrected chi connectivity index (χ1v) is 10.2. The number of esters is 1. The zero-order valence-corrected chi connectivity index (χ0v) is 17.7. The molecule has 0 heterocycles. The van der Waals surface area contributed by atoms with Crippen LogP contribution in [0.3, 0.4) is 0 Å². The number of methoxy groups -OCH3 is 1. The number of halogens is 1. The van der Waals surface area contributed by atoms with Crippen molar-refractivity contribution in [3.8, 4) is 11.5 Å². The molecule has 0 spiro atoms. The van der Waals surface area contributed by atoms with Gasteiger partial charge < -0.3 is 18.9 Å².